The zero-order valence-electron chi connectivity index (χ0n) is 11.8. The van der Waals surface area contributed by atoms with Crippen molar-refractivity contribution in [3.8, 4) is 5.75 Å². The highest BCUT2D eigenvalue weighted by atomic mass is 19.1. The summed E-state index contributed by atoms with van der Waals surface area (Å²) in [5, 5.41) is 12.4. The number of aromatic hydroxyl groups is 1. The van der Waals surface area contributed by atoms with E-state index in [2.05, 4.69) is 5.32 Å². The monoisotopic (exact) mass is 287 g/mol. The Morgan fingerprint density at radius 2 is 1.76 bits per heavy atom. The Morgan fingerprint density at radius 3 is 2.43 bits per heavy atom. The molecule has 0 aliphatic carbocycles. The molecule has 0 saturated carbocycles. The molecule has 1 amide bonds. The van der Waals surface area contributed by atoms with Crippen molar-refractivity contribution in [3.63, 3.8) is 0 Å². The first-order valence-electron chi connectivity index (χ1n) is 6.86. The highest BCUT2D eigenvalue weighted by Crippen LogP contribution is 2.16. The second kappa shape index (κ2) is 6.88. The minimum absolute atomic E-state index is 0.152. The summed E-state index contributed by atoms with van der Waals surface area (Å²) in [7, 11) is 0. The van der Waals surface area contributed by atoms with Crippen molar-refractivity contribution in [2.45, 2.75) is 19.9 Å². The Morgan fingerprint density at radius 1 is 1.14 bits per heavy atom. The van der Waals surface area contributed by atoms with E-state index in [0.717, 1.165) is 0 Å². The SMILES string of the molecule is C[C@@H](Cc1ccccc1F)C(=O)NCc1ccccc1O. The Balaban J connectivity index is 1.91. The average Bonchev–Trinajstić information content (AvgIpc) is 2.48. The largest absolute Gasteiger partial charge is 0.508 e. The van der Waals surface area contributed by atoms with Gasteiger partial charge in [-0.2, -0.15) is 0 Å². The lowest BCUT2D eigenvalue weighted by molar-refractivity contribution is -0.124. The Bertz CT molecular complexity index is 628. The summed E-state index contributed by atoms with van der Waals surface area (Å²) in [4.78, 5) is 12.0. The average molecular weight is 287 g/mol. The van der Waals surface area contributed by atoms with Crippen molar-refractivity contribution in [1.29, 1.82) is 0 Å². The van der Waals surface area contributed by atoms with Crippen LogP contribution in [0.4, 0.5) is 4.39 Å². The van der Waals surface area contributed by atoms with Gasteiger partial charge >= 0.3 is 0 Å². The Labute approximate surface area is 123 Å². The molecule has 0 aromatic heterocycles. The van der Waals surface area contributed by atoms with Crippen LogP contribution in [-0.4, -0.2) is 11.0 Å². The van der Waals surface area contributed by atoms with Gasteiger partial charge in [0, 0.05) is 18.0 Å². The molecule has 0 fully saturated rings. The minimum atomic E-state index is -0.340. The van der Waals surface area contributed by atoms with E-state index in [4.69, 9.17) is 0 Å². The number of phenols is 1. The standard InChI is InChI=1S/C17H18FNO2/c1-12(10-13-6-2-4-8-15(13)18)17(21)19-11-14-7-3-5-9-16(14)20/h2-9,12,20H,10-11H2,1H3,(H,19,21)/t12-/m0/s1. The van der Waals surface area contributed by atoms with Crippen LogP contribution in [0.15, 0.2) is 48.5 Å². The van der Waals surface area contributed by atoms with Crippen LogP contribution in [0.2, 0.25) is 0 Å². The van der Waals surface area contributed by atoms with E-state index in [1.807, 2.05) is 0 Å². The van der Waals surface area contributed by atoms with Crippen LogP contribution in [0, 0.1) is 11.7 Å². The van der Waals surface area contributed by atoms with E-state index >= 15 is 0 Å². The van der Waals surface area contributed by atoms with E-state index in [1.165, 1.54) is 6.07 Å². The number of benzene rings is 2. The van der Waals surface area contributed by atoms with Crippen LogP contribution in [0.5, 0.6) is 5.75 Å². The third-order valence-electron chi connectivity index (χ3n) is 3.38. The van der Waals surface area contributed by atoms with Gasteiger partial charge in [0.25, 0.3) is 0 Å². The van der Waals surface area contributed by atoms with Crippen LogP contribution in [0.3, 0.4) is 0 Å². The molecular formula is C17H18FNO2. The number of amides is 1. The third kappa shape index (κ3) is 4.05. The van der Waals surface area contributed by atoms with Gasteiger partial charge in [-0.1, -0.05) is 43.3 Å². The maximum atomic E-state index is 13.6. The van der Waals surface area contributed by atoms with Crippen molar-refractivity contribution < 1.29 is 14.3 Å². The zero-order chi connectivity index (χ0) is 15.2. The van der Waals surface area contributed by atoms with Gasteiger partial charge in [0.2, 0.25) is 5.91 Å². The van der Waals surface area contributed by atoms with Crippen LogP contribution in [0.25, 0.3) is 0 Å². The van der Waals surface area contributed by atoms with Crippen molar-refractivity contribution in [3.05, 3.63) is 65.5 Å². The number of halogens is 1. The molecule has 0 spiro atoms. The summed E-state index contributed by atoms with van der Waals surface area (Å²) >= 11 is 0. The van der Waals surface area contributed by atoms with E-state index < -0.39 is 0 Å². The lowest BCUT2D eigenvalue weighted by Crippen LogP contribution is -2.30. The third-order valence-corrected chi connectivity index (χ3v) is 3.38. The van der Waals surface area contributed by atoms with Gasteiger partial charge in [0.1, 0.15) is 11.6 Å². The number of carbonyl (C=O) groups is 1. The number of rotatable bonds is 5. The number of phenolic OH excluding ortho intramolecular Hbond substituents is 1. The quantitative estimate of drug-likeness (QED) is 0.888. The maximum absolute atomic E-state index is 13.6. The molecule has 0 saturated heterocycles. The molecule has 0 radical (unpaired) electrons. The summed E-state index contributed by atoms with van der Waals surface area (Å²) in [5.41, 5.74) is 1.19. The summed E-state index contributed by atoms with van der Waals surface area (Å²) < 4.78 is 13.6. The summed E-state index contributed by atoms with van der Waals surface area (Å²) in [6.07, 6.45) is 0.347. The maximum Gasteiger partial charge on any atom is 0.223 e. The first-order valence-corrected chi connectivity index (χ1v) is 6.86. The van der Waals surface area contributed by atoms with Gasteiger partial charge in [-0.05, 0) is 24.1 Å². The second-order valence-electron chi connectivity index (χ2n) is 5.04. The fourth-order valence-electron chi connectivity index (χ4n) is 2.10. The molecule has 0 aliphatic rings. The van der Waals surface area contributed by atoms with Crippen molar-refractivity contribution >= 4 is 5.91 Å². The topological polar surface area (TPSA) is 49.3 Å². The van der Waals surface area contributed by atoms with Gasteiger partial charge < -0.3 is 10.4 Å². The lowest BCUT2D eigenvalue weighted by Gasteiger charge is -2.13. The van der Waals surface area contributed by atoms with Crippen LogP contribution >= 0.6 is 0 Å². The highest BCUT2D eigenvalue weighted by molar-refractivity contribution is 5.78. The molecule has 1 atom stereocenters. The van der Waals surface area contributed by atoms with E-state index in [-0.39, 0.29) is 29.9 Å². The molecule has 4 heteroatoms. The van der Waals surface area contributed by atoms with E-state index in [0.29, 0.717) is 17.5 Å². The summed E-state index contributed by atoms with van der Waals surface area (Å²) in [6.45, 7) is 2.01. The predicted molar refractivity (Wildman–Crippen MR) is 79.2 cm³/mol. The molecule has 2 aromatic rings. The molecule has 2 N–H and O–H groups in total. The van der Waals surface area contributed by atoms with Crippen molar-refractivity contribution in [2.75, 3.05) is 0 Å². The van der Waals surface area contributed by atoms with Crippen molar-refractivity contribution in [1.82, 2.24) is 5.32 Å². The number of hydrogen-bond acceptors (Lipinski definition) is 2. The fourth-order valence-corrected chi connectivity index (χ4v) is 2.10. The van der Waals surface area contributed by atoms with Gasteiger partial charge in [-0.15, -0.1) is 0 Å². The molecule has 0 bridgehead atoms. The first kappa shape index (κ1) is 15.0. The molecule has 0 aliphatic heterocycles. The molecule has 21 heavy (non-hydrogen) atoms. The molecule has 2 rings (SSSR count). The van der Waals surface area contributed by atoms with Gasteiger partial charge in [-0.25, -0.2) is 4.39 Å². The summed E-state index contributed by atoms with van der Waals surface area (Å²) in [5.74, 6) is -0.647. The molecule has 0 unspecified atom stereocenters. The molecular weight excluding hydrogens is 269 g/mol. The summed E-state index contributed by atoms with van der Waals surface area (Å²) in [6, 6.07) is 13.3. The second-order valence-corrected chi connectivity index (χ2v) is 5.04. The number of carbonyl (C=O) groups excluding carboxylic acids is 1. The molecule has 3 nitrogen and oxygen atoms in total. The zero-order valence-corrected chi connectivity index (χ0v) is 11.8. The number of nitrogens with one attached hydrogen (secondary N) is 1. The van der Waals surface area contributed by atoms with E-state index in [1.54, 1.807) is 49.4 Å². The first-order chi connectivity index (χ1) is 10.1. The Hall–Kier alpha value is -2.36. The van der Waals surface area contributed by atoms with Crippen LogP contribution < -0.4 is 5.32 Å². The van der Waals surface area contributed by atoms with Gasteiger partial charge in [-0.3, -0.25) is 4.79 Å². The van der Waals surface area contributed by atoms with Gasteiger partial charge in [0.15, 0.2) is 0 Å². The normalized spacial score (nSPS) is 11.9. The molecule has 0 heterocycles. The highest BCUT2D eigenvalue weighted by Gasteiger charge is 2.15. The van der Waals surface area contributed by atoms with Crippen LogP contribution in [-0.2, 0) is 17.8 Å². The number of para-hydroxylation sites is 1. The van der Waals surface area contributed by atoms with Crippen molar-refractivity contribution in [2.24, 2.45) is 5.92 Å². The number of hydrogen-bond donors (Lipinski definition) is 2. The van der Waals surface area contributed by atoms with E-state index in [9.17, 15) is 14.3 Å². The van der Waals surface area contributed by atoms with Gasteiger partial charge in [0.05, 0.1) is 0 Å². The fraction of sp³-hybridized carbons (Fsp3) is 0.235. The molecule has 2 aromatic carbocycles. The predicted octanol–water partition coefficient (Wildman–Crippen LogP) is 3.03. The smallest absolute Gasteiger partial charge is 0.223 e. The Kier molecular flexibility index (Phi) is 4.93. The molecule has 110 valence electrons. The van der Waals surface area contributed by atoms with Crippen LogP contribution in [0.1, 0.15) is 18.1 Å². The minimum Gasteiger partial charge on any atom is -0.508 e. The lowest BCUT2D eigenvalue weighted by atomic mass is 10.00.